The molecule has 0 atom stereocenters. The van der Waals surface area contributed by atoms with Gasteiger partial charge in [0.15, 0.2) is 0 Å². The molecule has 18 heavy (non-hydrogen) atoms. The van der Waals surface area contributed by atoms with Crippen molar-refractivity contribution in [1.29, 1.82) is 0 Å². The zero-order valence-corrected chi connectivity index (χ0v) is 11.2. The average molecular weight is 244 g/mol. The Morgan fingerprint density at radius 1 is 1.06 bits per heavy atom. The van der Waals surface area contributed by atoms with Crippen LogP contribution in [0, 0.1) is 12.3 Å². The largest absolute Gasteiger partial charge is 0.465 e. The SMILES string of the molecule is C#CCCCCCCCCC/C=C/c1ccco1. The molecule has 1 aromatic heterocycles. The van der Waals surface area contributed by atoms with E-state index in [2.05, 4.69) is 18.1 Å². The molecule has 0 aliphatic rings. The number of rotatable bonds is 10. The lowest BCUT2D eigenvalue weighted by Crippen LogP contribution is -1.80. The van der Waals surface area contributed by atoms with Crippen LogP contribution in [-0.4, -0.2) is 0 Å². The third kappa shape index (κ3) is 7.79. The third-order valence-electron chi connectivity index (χ3n) is 3.02. The van der Waals surface area contributed by atoms with E-state index >= 15 is 0 Å². The van der Waals surface area contributed by atoms with Crippen molar-refractivity contribution in [2.24, 2.45) is 0 Å². The van der Waals surface area contributed by atoms with Crippen molar-refractivity contribution in [2.75, 3.05) is 0 Å². The second kappa shape index (κ2) is 10.7. The molecule has 0 amide bonds. The van der Waals surface area contributed by atoms with Gasteiger partial charge in [-0.2, -0.15) is 0 Å². The first-order valence-electron chi connectivity index (χ1n) is 7.07. The molecule has 0 unspecified atom stereocenters. The van der Waals surface area contributed by atoms with Crippen LogP contribution >= 0.6 is 0 Å². The number of hydrogen-bond donors (Lipinski definition) is 0. The quantitative estimate of drug-likeness (QED) is 0.395. The highest BCUT2D eigenvalue weighted by Gasteiger charge is 1.91. The van der Waals surface area contributed by atoms with Crippen molar-refractivity contribution >= 4 is 6.08 Å². The predicted molar refractivity (Wildman–Crippen MR) is 78.1 cm³/mol. The van der Waals surface area contributed by atoms with Gasteiger partial charge in [0.25, 0.3) is 0 Å². The third-order valence-corrected chi connectivity index (χ3v) is 3.02. The van der Waals surface area contributed by atoms with E-state index in [1.165, 1.54) is 44.9 Å². The van der Waals surface area contributed by atoms with Crippen LogP contribution in [0.1, 0.15) is 63.5 Å². The second-order valence-corrected chi connectivity index (χ2v) is 4.64. The number of allylic oxidation sites excluding steroid dienone is 1. The zero-order chi connectivity index (χ0) is 12.9. The number of unbranched alkanes of at least 4 members (excludes halogenated alkanes) is 8. The number of hydrogen-bond acceptors (Lipinski definition) is 1. The minimum absolute atomic E-state index is 0.942. The minimum atomic E-state index is 0.942. The van der Waals surface area contributed by atoms with E-state index in [1.54, 1.807) is 6.26 Å². The predicted octanol–water partition coefficient (Wildman–Crippen LogP) is 5.44. The summed E-state index contributed by atoms with van der Waals surface area (Å²) in [6.45, 7) is 0. The van der Waals surface area contributed by atoms with Gasteiger partial charge in [0.05, 0.1) is 6.26 Å². The first-order valence-corrected chi connectivity index (χ1v) is 7.07. The summed E-state index contributed by atoms with van der Waals surface area (Å²) in [6, 6.07) is 3.90. The van der Waals surface area contributed by atoms with Crippen LogP contribution < -0.4 is 0 Å². The zero-order valence-electron chi connectivity index (χ0n) is 11.2. The molecule has 0 fully saturated rings. The molecule has 0 bridgehead atoms. The molecule has 0 aromatic carbocycles. The Hall–Kier alpha value is -1.42. The number of furan rings is 1. The lowest BCUT2D eigenvalue weighted by Gasteiger charge is -1.99. The van der Waals surface area contributed by atoms with E-state index in [0.717, 1.165) is 18.6 Å². The number of terminal acetylenes is 1. The van der Waals surface area contributed by atoms with Gasteiger partial charge in [-0.25, -0.2) is 0 Å². The van der Waals surface area contributed by atoms with Gasteiger partial charge in [0.2, 0.25) is 0 Å². The maximum atomic E-state index is 5.22. The summed E-state index contributed by atoms with van der Waals surface area (Å²) >= 11 is 0. The summed E-state index contributed by atoms with van der Waals surface area (Å²) in [4.78, 5) is 0. The van der Waals surface area contributed by atoms with Gasteiger partial charge in [-0.3, -0.25) is 0 Å². The summed E-state index contributed by atoms with van der Waals surface area (Å²) < 4.78 is 5.22. The van der Waals surface area contributed by atoms with E-state index < -0.39 is 0 Å². The second-order valence-electron chi connectivity index (χ2n) is 4.64. The Labute approximate surface area is 111 Å². The molecule has 0 aliphatic carbocycles. The molecule has 1 rings (SSSR count). The van der Waals surface area contributed by atoms with Crippen molar-refractivity contribution in [3.05, 3.63) is 30.2 Å². The van der Waals surface area contributed by atoms with E-state index in [1.807, 2.05) is 12.1 Å². The van der Waals surface area contributed by atoms with Gasteiger partial charge in [0, 0.05) is 6.42 Å². The van der Waals surface area contributed by atoms with Gasteiger partial charge in [0.1, 0.15) is 5.76 Å². The Balaban J connectivity index is 1.83. The Morgan fingerprint density at radius 2 is 1.78 bits per heavy atom. The standard InChI is InChI=1S/C17H24O/c1-2-3-4-5-6-7-8-9-10-11-12-14-17-15-13-16-18-17/h1,12-16H,3-11H2/b14-12+. The maximum absolute atomic E-state index is 5.22. The fourth-order valence-corrected chi connectivity index (χ4v) is 1.96. The lowest BCUT2D eigenvalue weighted by atomic mass is 10.1. The molecule has 1 heteroatoms. The molecule has 0 saturated carbocycles. The Kier molecular flexibility index (Phi) is 8.72. The van der Waals surface area contributed by atoms with Crippen LogP contribution in [-0.2, 0) is 0 Å². The topological polar surface area (TPSA) is 13.1 Å². The molecule has 98 valence electrons. The van der Waals surface area contributed by atoms with Gasteiger partial charge >= 0.3 is 0 Å². The molecule has 0 aliphatic heterocycles. The maximum Gasteiger partial charge on any atom is 0.126 e. The normalized spacial score (nSPS) is 10.8. The highest BCUT2D eigenvalue weighted by molar-refractivity contribution is 5.41. The summed E-state index contributed by atoms with van der Waals surface area (Å²) in [7, 11) is 0. The van der Waals surface area contributed by atoms with E-state index in [-0.39, 0.29) is 0 Å². The van der Waals surface area contributed by atoms with Crippen molar-refractivity contribution in [3.63, 3.8) is 0 Å². The highest BCUT2D eigenvalue weighted by Crippen LogP contribution is 2.10. The molecule has 0 spiro atoms. The molecular formula is C17H24O. The molecule has 1 nitrogen and oxygen atoms in total. The van der Waals surface area contributed by atoms with Crippen LogP contribution in [0.3, 0.4) is 0 Å². The summed E-state index contributed by atoms with van der Waals surface area (Å²) in [6.07, 6.45) is 22.4. The fourth-order valence-electron chi connectivity index (χ4n) is 1.96. The van der Waals surface area contributed by atoms with Crippen LogP contribution in [0.4, 0.5) is 0 Å². The van der Waals surface area contributed by atoms with Crippen molar-refractivity contribution in [1.82, 2.24) is 0 Å². The summed E-state index contributed by atoms with van der Waals surface area (Å²) in [5.41, 5.74) is 0. The van der Waals surface area contributed by atoms with Gasteiger partial charge in [-0.15, -0.1) is 12.3 Å². The van der Waals surface area contributed by atoms with Crippen molar-refractivity contribution in [2.45, 2.75) is 57.8 Å². The molecule has 0 N–H and O–H groups in total. The van der Waals surface area contributed by atoms with E-state index in [0.29, 0.717) is 0 Å². The van der Waals surface area contributed by atoms with Crippen molar-refractivity contribution in [3.8, 4) is 12.3 Å². The first kappa shape index (κ1) is 14.6. The van der Waals surface area contributed by atoms with Crippen LogP contribution in [0.25, 0.3) is 6.08 Å². The fraction of sp³-hybridized carbons (Fsp3) is 0.529. The first-order chi connectivity index (χ1) is 8.93. The highest BCUT2D eigenvalue weighted by atomic mass is 16.3. The lowest BCUT2D eigenvalue weighted by molar-refractivity contribution is 0.556. The minimum Gasteiger partial charge on any atom is -0.465 e. The van der Waals surface area contributed by atoms with Gasteiger partial charge < -0.3 is 4.42 Å². The molecule has 0 radical (unpaired) electrons. The van der Waals surface area contributed by atoms with E-state index in [9.17, 15) is 0 Å². The van der Waals surface area contributed by atoms with Gasteiger partial charge in [-0.1, -0.05) is 38.2 Å². The van der Waals surface area contributed by atoms with Crippen LogP contribution in [0.5, 0.6) is 0 Å². The van der Waals surface area contributed by atoms with E-state index in [4.69, 9.17) is 10.8 Å². The molecule has 0 saturated heterocycles. The molecule has 1 heterocycles. The van der Waals surface area contributed by atoms with Crippen molar-refractivity contribution < 1.29 is 4.42 Å². The van der Waals surface area contributed by atoms with Crippen LogP contribution in [0.15, 0.2) is 28.9 Å². The monoisotopic (exact) mass is 244 g/mol. The Morgan fingerprint density at radius 3 is 2.44 bits per heavy atom. The summed E-state index contributed by atoms with van der Waals surface area (Å²) in [5.74, 6) is 3.64. The smallest absolute Gasteiger partial charge is 0.126 e. The van der Waals surface area contributed by atoms with Gasteiger partial charge in [-0.05, 0) is 37.5 Å². The summed E-state index contributed by atoms with van der Waals surface area (Å²) in [5, 5.41) is 0. The van der Waals surface area contributed by atoms with Crippen LogP contribution in [0.2, 0.25) is 0 Å². The average Bonchev–Trinajstić information content (AvgIpc) is 2.89. The Bertz CT molecular complexity index is 340. The molecular weight excluding hydrogens is 220 g/mol. The molecule has 1 aromatic rings.